The number of carboxylic acid groups (broad SMARTS) is 1. The number of allylic oxidation sites excluding steroid dienone is 4. The molecule has 0 rings (SSSR count). The van der Waals surface area contributed by atoms with E-state index in [1.165, 1.54) is 141 Å². The third-order valence-corrected chi connectivity index (χ3v) is 9.19. The fraction of sp³-hybridized carbons (Fsp3) is 0.841. The molecule has 0 aromatic heterocycles. The lowest BCUT2D eigenvalue weighted by atomic mass is 10.1. The molecule has 306 valence electrons. The van der Waals surface area contributed by atoms with E-state index in [9.17, 15) is 14.7 Å². The molecule has 0 heterocycles. The zero-order valence-electron chi connectivity index (χ0n) is 34.2. The van der Waals surface area contributed by atoms with Gasteiger partial charge >= 0.3 is 11.9 Å². The zero-order valence-corrected chi connectivity index (χ0v) is 34.2. The van der Waals surface area contributed by atoms with Crippen LogP contribution in [0, 0.1) is 0 Å². The first-order chi connectivity index (χ1) is 25.4. The van der Waals surface area contributed by atoms with Gasteiger partial charge in [-0.05, 0) is 71.1 Å². The van der Waals surface area contributed by atoms with E-state index in [2.05, 4.69) is 38.2 Å². The van der Waals surface area contributed by atoms with Gasteiger partial charge in [0.2, 0.25) is 0 Å². The Morgan fingerprint density at radius 1 is 0.500 bits per heavy atom. The van der Waals surface area contributed by atoms with Crippen molar-refractivity contribution in [1.29, 1.82) is 0 Å². The summed E-state index contributed by atoms with van der Waals surface area (Å²) in [4.78, 5) is 34.3. The summed E-state index contributed by atoms with van der Waals surface area (Å²) in [5.74, 6) is -1.36. The van der Waals surface area contributed by atoms with Crippen LogP contribution in [-0.2, 0) is 23.9 Å². The third kappa shape index (κ3) is 47.8. The van der Waals surface area contributed by atoms with Crippen LogP contribution in [0.4, 0.5) is 0 Å². The van der Waals surface area contributed by atoms with Crippen LogP contribution in [0.2, 0.25) is 0 Å². The molecule has 0 aromatic carbocycles. The molecule has 0 unspecified atom stereocenters. The summed E-state index contributed by atoms with van der Waals surface area (Å²) in [5, 5.41) is 18.3. The predicted octanol–water partition coefficient (Wildman–Crippen LogP) is 8.78. The molecule has 8 nitrogen and oxygen atoms in total. The van der Waals surface area contributed by atoms with Gasteiger partial charge in [-0.1, -0.05) is 141 Å². The van der Waals surface area contributed by atoms with Gasteiger partial charge in [-0.25, -0.2) is 0 Å². The second-order valence-corrected chi connectivity index (χ2v) is 14.3. The Labute approximate surface area is 320 Å². The number of unbranched alkanes of at least 4 members (excludes halogenated alkanes) is 22. The zero-order chi connectivity index (χ0) is 38.6. The predicted molar refractivity (Wildman–Crippen MR) is 214 cm³/mol. The summed E-state index contributed by atoms with van der Waals surface area (Å²) in [5.41, 5.74) is 0. The summed E-state index contributed by atoms with van der Waals surface area (Å²) >= 11 is 0. The van der Waals surface area contributed by atoms with Gasteiger partial charge in [0.1, 0.15) is 32.8 Å². The molecule has 0 aliphatic carbocycles. The molecule has 0 amide bonds. The summed E-state index contributed by atoms with van der Waals surface area (Å²) < 4.78 is 10.9. The lowest BCUT2D eigenvalue weighted by Crippen LogP contribution is -3.13. The normalized spacial score (nSPS) is 11.3. The van der Waals surface area contributed by atoms with Crippen molar-refractivity contribution in [3.8, 4) is 0 Å². The number of carboxylic acids is 1. The number of hydrogen-bond donors (Lipinski definition) is 2. The monoisotopic (exact) mass is 738 g/mol. The van der Waals surface area contributed by atoms with Crippen LogP contribution in [-0.4, -0.2) is 62.5 Å². The van der Waals surface area contributed by atoms with Crippen molar-refractivity contribution in [2.24, 2.45) is 0 Å². The van der Waals surface area contributed by atoms with E-state index in [0.717, 1.165) is 37.5 Å². The van der Waals surface area contributed by atoms with Crippen LogP contribution in [0.3, 0.4) is 0 Å². The van der Waals surface area contributed by atoms with E-state index in [0.29, 0.717) is 45.7 Å². The van der Waals surface area contributed by atoms with Crippen molar-refractivity contribution in [3.05, 3.63) is 24.3 Å². The van der Waals surface area contributed by atoms with Crippen LogP contribution in [0.5, 0.6) is 0 Å². The smallest absolute Gasteiger partial charge is 0.305 e. The molecule has 8 heteroatoms. The van der Waals surface area contributed by atoms with Crippen LogP contribution in [0.15, 0.2) is 24.3 Å². The number of rotatable bonds is 38. The van der Waals surface area contributed by atoms with Gasteiger partial charge in [0, 0.05) is 18.8 Å². The van der Waals surface area contributed by atoms with E-state index in [4.69, 9.17) is 19.4 Å². The first-order valence-corrected chi connectivity index (χ1v) is 21.6. The molecular formula is C44H83NO7. The second kappa shape index (κ2) is 45.0. The molecule has 0 fully saturated rings. The Kier molecular flexibility index (Phi) is 44.9. The Hall–Kier alpha value is -2.19. The van der Waals surface area contributed by atoms with Crippen molar-refractivity contribution >= 4 is 17.9 Å². The highest BCUT2D eigenvalue weighted by Crippen LogP contribution is 2.12. The lowest BCUT2D eigenvalue weighted by molar-refractivity contribution is -0.900. The van der Waals surface area contributed by atoms with E-state index in [-0.39, 0.29) is 18.5 Å². The minimum absolute atomic E-state index is 0.0566. The summed E-state index contributed by atoms with van der Waals surface area (Å²) in [6.45, 7) is 8.01. The maximum Gasteiger partial charge on any atom is 0.305 e. The van der Waals surface area contributed by atoms with Gasteiger partial charge < -0.3 is 29.4 Å². The molecule has 0 atom stereocenters. The van der Waals surface area contributed by atoms with Gasteiger partial charge in [-0.15, -0.1) is 0 Å². The quantitative estimate of drug-likeness (QED) is 0.0370. The topological polar surface area (TPSA) is 117 Å². The number of esters is 2. The highest BCUT2D eigenvalue weighted by Gasteiger charge is 2.12. The Morgan fingerprint density at radius 3 is 1.10 bits per heavy atom. The second-order valence-electron chi connectivity index (χ2n) is 14.3. The fourth-order valence-corrected chi connectivity index (χ4v) is 5.98. The first kappa shape index (κ1) is 51.9. The highest BCUT2D eigenvalue weighted by atomic mass is 16.5. The van der Waals surface area contributed by atoms with Crippen LogP contribution in [0.1, 0.15) is 201 Å². The number of aliphatic carboxylic acids is 1. The molecule has 0 saturated carbocycles. The number of carbonyl (C=O) groups excluding carboxylic acids is 3. The highest BCUT2D eigenvalue weighted by molar-refractivity contribution is 5.69. The summed E-state index contributed by atoms with van der Waals surface area (Å²) in [6.07, 6.45) is 42.6. The van der Waals surface area contributed by atoms with Crippen molar-refractivity contribution in [3.63, 3.8) is 0 Å². The number of hydrogen-bond acceptors (Lipinski definition) is 7. The number of aliphatic hydroxyl groups is 1. The van der Waals surface area contributed by atoms with Crippen LogP contribution in [0.25, 0.3) is 0 Å². The number of carbonyl (C=O) groups is 3. The van der Waals surface area contributed by atoms with Crippen molar-refractivity contribution in [1.82, 2.24) is 0 Å². The maximum atomic E-state index is 12.1. The Bertz CT molecular complexity index is 767. The summed E-state index contributed by atoms with van der Waals surface area (Å²) in [7, 11) is 0. The minimum atomic E-state index is -1.08. The average Bonchev–Trinajstić information content (AvgIpc) is 3.11. The lowest BCUT2D eigenvalue weighted by Gasteiger charge is -2.18. The molecule has 0 bridgehead atoms. The molecule has 0 aliphatic heterocycles. The molecule has 52 heavy (non-hydrogen) atoms. The molecule has 0 spiro atoms. The van der Waals surface area contributed by atoms with Crippen molar-refractivity contribution < 1.29 is 39.0 Å². The molecule has 2 N–H and O–H groups in total. The Morgan fingerprint density at radius 2 is 0.788 bits per heavy atom. The molecule has 0 aliphatic rings. The molecule has 0 radical (unpaired) electrons. The molecule has 0 aromatic rings. The SMILES string of the molecule is CC(=O)[O-].CCCCCCCC/C=C/CCCCCCCC(=O)OCC[NH+](CCO)CCOC(=O)CCCCCCC/C=C/CCCCCCCC. The third-order valence-electron chi connectivity index (χ3n) is 9.19. The van der Waals surface area contributed by atoms with Crippen LogP contribution >= 0.6 is 0 Å². The average molecular weight is 738 g/mol. The molecule has 0 saturated heterocycles. The van der Waals surface area contributed by atoms with Gasteiger partial charge in [-0.2, -0.15) is 0 Å². The van der Waals surface area contributed by atoms with Gasteiger partial charge in [0.15, 0.2) is 0 Å². The van der Waals surface area contributed by atoms with Gasteiger partial charge in [0.25, 0.3) is 0 Å². The Balaban J connectivity index is 0. The minimum Gasteiger partial charge on any atom is -0.550 e. The number of quaternary nitrogens is 1. The van der Waals surface area contributed by atoms with Crippen molar-refractivity contribution in [2.75, 3.05) is 39.5 Å². The largest absolute Gasteiger partial charge is 0.550 e. The standard InChI is InChI=1S/C42H79NO5.C2H4O2/c1-3-5-7-9-11-13-15-17-19-21-23-25-27-29-31-33-41(45)47-39-36-43(35-38-44)37-40-48-42(46)34-32-30-28-26-24-22-20-18-16-14-12-10-8-6-4-2;1-2(3)4/h17-20,44H,3-16,21-40H2,1-2H3;1H3,(H,3,4)/b19-17+,20-18+;. The maximum absolute atomic E-state index is 12.1. The number of aliphatic hydroxyl groups excluding tert-OH is 1. The molecular weight excluding hydrogens is 654 g/mol. The van der Waals surface area contributed by atoms with E-state index < -0.39 is 5.97 Å². The summed E-state index contributed by atoms with van der Waals surface area (Å²) in [6, 6.07) is 0. The van der Waals surface area contributed by atoms with E-state index in [1.807, 2.05) is 0 Å². The van der Waals surface area contributed by atoms with Gasteiger partial charge in [-0.3, -0.25) is 9.59 Å². The van der Waals surface area contributed by atoms with Crippen molar-refractivity contribution in [2.45, 2.75) is 201 Å². The van der Waals surface area contributed by atoms with E-state index >= 15 is 0 Å². The first-order valence-electron chi connectivity index (χ1n) is 21.6. The van der Waals surface area contributed by atoms with E-state index in [1.54, 1.807) is 0 Å². The van der Waals surface area contributed by atoms with Crippen LogP contribution < -0.4 is 10.0 Å². The van der Waals surface area contributed by atoms with Gasteiger partial charge in [0.05, 0.1) is 6.61 Å². The fourth-order valence-electron chi connectivity index (χ4n) is 5.98. The number of nitrogens with one attached hydrogen (secondary N) is 1. The number of ether oxygens (including phenoxy) is 2.